The van der Waals surface area contributed by atoms with Crippen LogP contribution in [0.2, 0.25) is 0 Å². The van der Waals surface area contributed by atoms with Crippen molar-refractivity contribution in [3.63, 3.8) is 0 Å². The molecular formula is C11H12BrNO2. The number of ether oxygens (including phenoxy) is 1. The van der Waals surface area contributed by atoms with Crippen LogP contribution in [0, 0.1) is 0 Å². The third-order valence-electron chi connectivity index (χ3n) is 2.36. The molecule has 0 bridgehead atoms. The number of carbonyl (C=O) groups is 1. The number of nitrogens with one attached hydrogen (secondary N) is 1. The van der Waals surface area contributed by atoms with Crippen molar-refractivity contribution in [1.29, 1.82) is 0 Å². The summed E-state index contributed by atoms with van der Waals surface area (Å²) in [5.41, 5.74) is 0. The third kappa shape index (κ3) is 2.79. The Kier molecular flexibility index (Phi) is 3.38. The summed E-state index contributed by atoms with van der Waals surface area (Å²) in [7, 11) is 0. The van der Waals surface area contributed by atoms with Crippen LogP contribution in [0.15, 0.2) is 28.7 Å². The van der Waals surface area contributed by atoms with Crippen molar-refractivity contribution in [2.24, 2.45) is 0 Å². The topological polar surface area (TPSA) is 38.3 Å². The average molecular weight is 270 g/mol. The number of esters is 1. The van der Waals surface area contributed by atoms with Gasteiger partial charge in [0.05, 0.1) is 0 Å². The number of hydrogen-bond donors (Lipinski definition) is 1. The summed E-state index contributed by atoms with van der Waals surface area (Å²) in [5, 5.41) is 3.10. The second kappa shape index (κ2) is 4.77. The van der Waals surface area contributed by atoms with Gasteiger partial charge in [-0.2, -0.15) is 0 Å². The van der Waals surface area contributed by atoms with E-state index < -0.39 is 0 Å². The molecule has 0 aromatic heterocycles. The van der Waals surface area contributed by atoms with E-state index in [1.165, 1.54) is 0 Å². The predicted molar refractivity (Wildman–Crippen MR) is 60.8 cm³/mol. The number of carbonyl (C=O) groups excluding carboxylic acids is 1. The van der Waals surface area contributed by atoms with E-state index in [1.54, 1.807) is 12.1 Å². The maximum Gasteiger partial charge on any atom is 0.328 e. The summed E-state index contributed by atoms with van der Waals surface area (Å²) < 4.78 is 6.16. The first-order valence-electron chi connectivity index (χ1n) is 4.96. The van der Waals surface area contributed by atoms with Gasteiger partial charge in [0.1, 0.15) is 11.8 Å². The Bertz CT molecular complexity index is 361. The summed E-state index contributed by atoms with van der Waals surface area (Å²) in [6.45, 7) is 0.901. The summed E-state index contributed by atoms with van der Waals surface area (Å²) in [6, 6.07) is 7.16. The summed E-state index contributed by atoms with van der Waals surface area (Å²) >= 11 is 3.33. The van der Waals surface area contributed by atoms with E-state index in [9.17, 15) is 4.79 Å². The Morgan fingerprint density at radius 1 is 1.53 bits per heavy atom. The molecule has 1 fully saturated rings. The highest BCUT2D eigenvalue weighted by molar-refractivity contribution is 9.10. The van der Waals surface area contributed by atoms with Crippen LogP contribution in [0.25, 0.3) is 0 Å². The molecule has 1 aliphatic heterocycles. The van der Waals surface area contributed by atoms with Crippen LogP contribution in [0.1, 0.15) is 12.8 Å². The summed E-state index contributed by atoms with van der Waals surface area (Å²) in [6.07, 6.45) is 1.91. The molecule has 1 heterocycles. The van der Waals surface area contributed by atoms with E-state index in [1.807, 2.05) is 12.1 Å². The molecule has 1 saturated heterocycles. The zero-order valence-electron chi connectivity index (χ0n) is 8.20. The van der Waals surface area contributed by atoms with Gasteiger partial charge in [-0.05, 0) is 37.6 Å². The van der Waals surface area contributed by atoms with Crippen molar-refractivity contribution < 1.29 is 9.53 Å². The maximum atomic E-state index is 11.6. The fourth-order valence-electron chi connectivity index (χ4n) is 1.60. The first-order chi connectivity index (χ1) is 7.25. The van der Waals surface area contributed by atoms with Crippen LogP contribution >= 0.6 is 15.9 Å². The number of hydrogen-bond acceptors (Lipinski definition) is 3. The van der Waals surface area contributed by atoms with E-state index in [4.69, 9.17) is 4.74 Å². The molecule has 2 rings (SSSR count). The van der Waals surface area contributed by atoms with Gasteiger partial charge in [0.25, 0.3) is 0 Å². The lowest BCUT2D eigenvalue weighted by atomic mass is 10.2. The molecule has 4 heteroatoms. The smallest absolute Gasteiger partial charge is 0.328 e. The first kappa shape index (κ1) is 10.6. The minimum atomic E-state index is -0.189. The van der Waals surface area contributed by atoms with E-state index in [-0.39, 0.29) is 12.0 Å². The van der Waals surface area contributed by atoms with Gasteiger partial charge >= 0.3 is 5.97 Å². The van der Waals surface area contributed by atoms with Gasteiger partial charge in [0.2, 0.25) is 0 Å². The van der Waals surface area contributed by atoms with Gasteiger partial charge in [0.15, 0.2) is 0 Å². The fourth-order valence-corrected chi connectivity index (χ4v) is 1.98. The van der Waals surface area contributed by atoms with Gasteiger partial charge in [-0.3, -0.25) is 0 Å². The van der Waals surface area contributed by atoms with Gasteiger partial charge in [-0.25, -0.2) is 4.79 Å². The lowest BCUT2D eigenvalue weighted by molar-refractivity contribution is -0.136. The van der Waals surface area contributed by atoms with Crippen LogP contribution in [0.3, 0.4) is 0 Å². The van der Waals surface area contributed by atoms with Crippen molar-refractivity contribution in [2.45, 2.75) is 18.9 Å². The largest absolute Gasteiger partial charge is 0.425 e. The molecule has 1 unspecified atom stereocenters. The minimum Gasteiger partial charge on any atom is -0.425 e. The van der Waals surface area contributed by atoms with E-state index in [0.717, 1.165) is 23.9 Å². The Balaban J connectivity index is 1.99. The van der Waals surface area contributed by atoms with E-state index in [2.05, 4.69) is 21.2 Å². The normalized spacial score (nSPS) is 20.2. The monoisotopic (exact) mass is 269 g/mol. The van der Waals surface area contributed by atoms with E-state index in [0.29, 0.717) is 5.75 Å². The quantitative estimate of drug-likeness (QED) is 0.660. The molecule has 0 spiro atoms. The number of benzene rings is 1. The zero-order valence-corrected chi connectivity index (χ0v) is 9.79. The van der Waals surface area contributed by atoms with Crippen molar-refractivity contribution in [2.75, 3.05) is 6.54 Å². The molecule has 1 aromatic rings. The van der Waals surface area contributed by atoms with Crippen molar-refractivity contribution >= 4 is 21.9 Å². The van der Waals surface area contributed by atoms with Crippen LogP contribution < -0.4 is 10.1 Å². The SMILES string of the molecule is O=C(Oc1cccc(Br)c1)C1CCCN1. The standard InChI is InChI=1S/C11H12BrNO2/c12-8-3-1-4-9(7-8)15-11(14)10-5-2-6-13-10/h1,3-4,7,10,13H,2,5-6H2. The second-order valence-corrected chi connectivity index (χ2v) is 4.44. The van der Waals surface area contributed by atoms with Crippen LogP contribution in [-0.2, 0) is 4.79 Å². The summed E-state index contributed by atoms with van der Waals surface area (Å²) in [5.74, 6) is 0.397. The first-order valence-corrected chi connectivity index (χ1v) is 5.75. The molecule has 1 aliphatic rings. The van der Waals surface area contributed by atoms with Crippen LogP contribution in [-0.4, -0.2) is 18.6 Å². The number of halogens is 1. The molecular weight excluding hydrogens is 258 g/mol. The predicted octanol–water partition coefficient (Wildman–Crippen LogP) is 2.11. The van der Waals surface area contributed by atoms with E-state index >= 15 is 0 Å². The molecule has 1 atom stereocenters. The Labute approximate surface area is 96.9 Å². The average Bonchev–Trinajstić information content (AvgIpc) is 2.70. The third-order valence-corrected chi connectivity index (χ3v) is 2.85. The Morgan fingerprint density at radius 3 is 3.07 bits per heavy atom. The highest BCUT2D eigenvalue weighted by Gasteiger charge is 2.23. The van der Waals surface area contributed by atoms with Crippen LogP contribution in [0.4, 0.5) is 0 Å². The van der Waals surface area contributed by atoms with Gasteiger partial charge in [-0.15, -0.1) is 0 Å². The van der Waals surface area contributed by atoms with Crippen LogP contribution in [0.5, 0.6) is 5.75 Å². The molecule has 1 aromatic carbocycles. The molecule has 3 nitrogen and oxygen atoms in total. The van der Waals surface area contributed by atoms with Crippen molar-refractivity contribution in [1.82, 2.24) is 5.32 Å². The highest BCUT2D eigenvalue weighted by Crippen LogP contribution is 2.19. The highest BCUT2D eigenvalue weighted by atomic mass is 79.9. The fraction of sp³-hybridized carbons (Fsp3) is 0.364. The van der Waals surface area contributed by atoms with Gasteiger partial charge in [0, 0.05) is 4.47 Å². The van der Waals surface area contributed by atoms with Gasteiger partial charge in [-0.1, -0.05) is 22.0 Å². The maximum absolute atomic E-state index is 11.6. The molecule has 0 radical (unpaired) electrons. The lowest BCUT2D eigenvalue weighted by Gasteiger charge is -2.09. The second-order valence-electron chi connectivity index (χ2n) is 3.53. The molecule has 0 amide bonds. The molecule has 80 valence electrons. The molecule has 0 saturated carbocycles. The Hall–Kier alpha value is -0.870. The van der Waals surface area contributed by atoms with Crippen molar-refractivity contribution in [3.8, 4) is 5.75 Å². The Morgan fingerprint density at radius 2 is 2.40 bits per heavy atom. The molecule has 0 aliphatic carbocycles. The molecule has 15 heavy (non-hydrogen) atoms. The summed E-state index contributed by atoms with van der Waals surface area (Å²) in [4.78, 5) is 11.6. The lowest BCUT2D eigenvalue weighted by Crippen LogP contribution is -2.34. The van der Waals surface area contributed by atoms with Crippen molar-refractivity contribution in [3.05, 3.63) is 28.7 Å². The van der Waals surface area contributed by atoms with Gasteiger partial charge < -0.3 is 10.1 Å². The number of rotatable bonds is 2. The zero-order chi connectivity index (χ0) is 10.7. The minimum absolute atomic E-state index is 0.135. The molecule has 1 N–H and O–H groups in total.